The smallest absolute Gasteiger partial charge is 0.457 e. The molecule has 1 aliphatic carbocycles. The highest BCUT2D eigenvalue weighted by Gasteiger charge is 2.51. The zero-order valence-electron chi connectivity index (χ0n) is 43.9. The Labute approximate surface area is 416 Å². The van der Waals surface area contributed by atoms with Gasteiger partial charge in [-0.3, -0.25) is 13.8 Å². The van der Waals surface area contributed by atoms with Crippen LogP contribution in [0.5, 0.6) is 0 Å². The summed E-state index contributed by atoms with van der Waals surface area (Å²) < 4.78 is 34.4. The second-order valence-corrected chi connectivity index (χ2v) is 21.9. The Morgan fingerprint density at radius 1 is 0.412 bits per heavy atom. The first-order valence-electron chi connectivity index (χ1n) is 28.9. The van der Waals surface area contributed by atoms with Crippen LogP contribution in [0, 0.1) is 0 Å². The van der Waals surface area contributed by atoms with Crippen molar-refractivity contribution in [3.63, 3.8) is 0 Å². The van der Waals surface area contributed by atoms with Crippen molar-refractivity contribution >= 4 is 13.8 Å². The number of aliphatic hydroxyl groups excluding tert-OH is 5. The number of esters is 1. The van der Waals surface area contributed by atoms with E-state index in [1.54, 1.807) is 0 Å². The van der Waals surface area contributed by atoms with Crippen molar-refractivity contribution in [3.8, 4) is 0 Å². The van der Waals surface area contributed by atoms with Crippen LogP contribution in [0.2, 0.25) is 0 Å². The van der Waals surface area contributed by atoms with Crippen LogP contribution in [-0.4, -0.2) is 98.9 Å². The van der Waals surface area contributed by atoms with E-state index in [1.807, 2.05) is 0 Å². The van der Waals surface area contributed by atoms with Crippen molar-refractivity contribution in [2.45, 2.75) is 326 Å². The van der Waals surface area contributed by atoms with Crippen LogP contribution in [-0.2, 0) is 27.9 Å². The first-order valence-corrected chi connectivity index (χ1v) is 30.4. The lowest BCUT2D eigenvalue weighted by Gasteiger charge is -2.41. The van der Waals surface area contributed by atoms with Gasteiger partial charge in [-0.2, -0.15) is 0 Å². The van der Waals surface area contributed by atoms with E-state index in [4.69, 9.17) is 18.5 Å². The first kappa shape index (κ1) is 65.4. The number of unbranched alkanes of at least 4 members (excludes halogenated alkanes) is 39. The average Bonchev–Trinajstić information content (AvgIpc) is 3.32. The summed E-state index contributed by atoms with van der Waals surface area (Å²) in [5.41, 5.74) is 0. The largest absolute Gasteiger partial charge is 0.472 e. The summed E-state index contributed by atoms with van der Waals surface area (Å²) in [7, 11) is -5.02. The Balaban J connectivity index is 2.21. The summed E-state index contributed by atoms with van der Waals surface area (Å²) in [6.45, 7) is 4.33. The fraction of sp³-hybridized carbons (Fsp3) is 0.982. The molecule has 0 amide bonds. The number of hydrogen-bond acceptors (Lipinski definition) is 11. The summed E-state index contributed by atoms with van der Waals surface area (Å²) in [4.78, 5) is 23.3. The summed E-state index contributed by atoms with van der Waals surface area (Å²) in [6, 6.07) is 0. The van der Waals surface area contributed by atoms with E-state index >= 15 is 0 Å². The molecule has 0 aromatic rings. The van der Waals surface area contributed by atoms with Gasteiger partial charge in [-0.05, 0) is 12.8 Å². The molecular formula is C55H109O12P. The molecule has 0 spiro atoms. The van der Waals surface area contributed by atoms with Crippen molar-refractivity contribution < 1.29 is 58.3 Å². The van der Waals surface area contributed by atoms with Crippen LogP contribution < -0.4 is 0 Å². The molecule has 1 aliphatic rings. The van der Waals surface area contributed by atoms with E-state index in [2.05, 4.69) is 13.8 Å². The van der Waals surface area contributed by atoms with Crippen LogP contribution in [0.25, 0.3) is 0 Å². The minimum Gasteiger partial charge on any atom is -0.457 e. The zero-order chi connectivity index (χ0) is 49.8. The maximum absolute atomic E-state index is 12.9. The third-order valence-electron chi connectivity index (χ3n) is 14.0. The number of phosphoric ester groups is 1. The van der Waals surface area contributed by atoms with Gasteiger partial charge in [0.25, 0.3) is 0 Å². The maximum Gasteiger partial charge on any atom is 0.472 e. The van der Waals surface area contributed by atoms with Crippen molar-refractivity contribution in [2.24, 2.45) is 0 Å². The monoisotopic (exact) mass is 993 g/mol. The van der Waals surface area contributed by atoms with Gasteiger partial charge in [-0.15, -0.1) is 0 Å². The van der Waals surface area contributed by atoms with Gasteiger partial charge in [0.05, 0.1) is 13.2 Å². The molecule has 12 nitrogen and oxygen atoms in total. The van der Waals surface area contributed by atoms with Gasteiger partial charge in [0.2, 0.25) is 0 Å². The standard InChI is InChI=1S/C55H109O12P/c1-3-5-7-9-11-13-15-17-19-20-21-22-23-24-25-26-27-28-29-30-31-32-34-36-38-40-42-44-49(56)66-48(46-64-45-43-41-39-37-35-33-18-16-14-12-10-8-6-4-2)47-65-68(62,63)67-55-53(60)51(58)50(57)52(59)54(55)61/h48,50-55,57-61H,3-47H2,1-2H3,(H,62,63)/t48-,50?,51-,52?,53?,54?,55?/m1/s1. The van der Waals surface area contributed by atoms with Gasteiger partial charge < -0.3 is 39.9 Å². The SMILES string of the molecule is CCCCCCCCCCCCCCCCCCCCCCCCCCCCCC(=O)O[C@H](COCCCCCCCCCCCCCCCC)COP(=O)(O)OC1C(O)C(O)C(O)[C@@H](O)C1O. The summed E-state index contributed by atoms with van der Waals surface area (Å²) in [5.74, 6) is -0.467. The molecule has 0 saturated heterocycles. The molecular weight excluding hydrogens is 884 g/mol. The van der Waals surface area contributed by atoms with E-state index in [-0.39, 0.29) is 13.0 Å². The number of ether oxygens (including phenoxy) is 2. The molecule has 1 rings (SSSR count). The van der Waals surface area contributed by atoms with E-state index < -0.39 is 63.1 Å². The molecule has 13 heteroatoms. The van der Waals surface area contributed by atoms with Crippen LogP contribution in [0.3, 0.4) is 0 Å². The lowest BCUT2D eigenvalue weighted by molar-refractivity contribution is -0.220. The van der Waals surface area contributed by atoms with E-state index in [9.17, 15) is 39.8 Å². The molecule has 6 N–H and O–H groups in total. The predicted molar refractivity (Wildman–Crippen MR) is 277 cm³/mol. The molecule has 406 valence electrons. The summed E-state index contributed by atoms with van der Waals surface area (Å²) >= 11 is 0. The van der Waals surface area contributed by atoms with Gasteiger partial charge in [-0.1, -0.05) is 264 Å². The minimum atomic E-state index is -5.02. The Morgan fingerprint density at radius 3 is 1.01 bits per heavy atom. The van der Waals surface area contributed by atoms with Crippen molar-refractivity contribution in [2.75, 3.05) is 19.8 Å². The van der Waals surface area contributed by atoms with Gasteiger partial charge in [-0.25, -0.2) is 4.57 Å². The number of hydrogen-bond donors (Lipinski definition) is 6. The molecule has 0 aliphatic heterocycles. The number of carbonyl (C=O) groups excluding carboxylic acids is 1. The highest BCUT2D eigenvalue weighted by atomic mass is 31.2. The molecule has 68 heavy (non-hydrogen) atoms. The van der Waals surface area contributed by atoms with Crippen molar-refractivity contribution in [1.29, 1.82) is 0 Å². The molecule has 8 atom stereocenters. The maximum atomic E-state index is 12.9. The summed E-state index contributed by atoms with van der Waals surface area (Å²) in [6.07, 6.45) is 40.5. The lowest BCUT2D eigenvalue weighted by atomic mass is 9.85. The number of phosphoric acid groups is 1. The van der Waals surface area contributed by atoms with Gasteiger partial charge >= 0.3 is 13.8 Å². The zero-order valence-corrected chi connectivity index (χ0v) is 44.8. The predicted octanol–water partition coefficient (Wildman–Crippen LogP) is 13.7. The highest BCUT2D eigenvalue weighted by molar-refractivity contribution is 7.47. The second kappa shape index (κ2) is 46.1. The van der Waals surface area contributed by atoms with Crippen LogP contribution in [0.1, 0.15) is 284 Å². The Morgan fingerprint density at radius 2 is 0.691 bits per heavy atom. The molecule has 0 aromatic carbocycles. The van der Waals surface area contributed by atoms with Crippen LogP contribution in [0.4, 0.5) is 0 Å². The third-order valence-corrected chi connectivity index (χ3v) is 15.0. The lowest BCUT2D eigenvalue weighted by Crippen LogP contribution is -2.64. The molecule has 0 aromatic heterocycles. The molecule has 0 bridgehead atoms. The van der Waals surface area contributed by atoms with E-state index in [0.717, 1.165) is 38.5 Å². The molecule has 1 fully saturated rings. The van der Waals surface area contributed by atoms with Crippen LogP contribution in [0.15, 0.2) is 0 Å². The normalized spacial score (nSPS) is 21.0. The molecule has 1 saturated carbocycles. The van der Waals surface area contributed by atoms with E-state index in [1.165, 1.54) is 218 Å². The van der Waals surface area contributed by atoms with Gasteiger partial charge in [0, 0.05) is 13.0 Å². The number of carbonyl (C=O) groups is 1. The molecule has 6 unspecified atom stereocenters. The average molecular weight is 993 g/mol. The quantitative estimate of drug-likeness (QED) is 0.0192. The van der Waals surface area contributed by atoms with Crippen LogP contribution >= 0.6 is 7.82 Å². The highest BCUT2D eigenvalue weighted by Crippen LogP contribution is 2.47. The van der Waals surface area contributed by atoms with Gasteiger partial charge in [0.1, 0.15) is 42.7 Å². The molecule has 0 heterocycles. The number of aliphatic hydroxyl groups is 5. The fourth-order valence-corrected chi connectivity index (χ4v) is 10.4. The second-order valence-electron chi connectivity index (χ2n) is 20.5. The topological polar surface area (TPSA) is 192 Å². The van der Waals surface area contributed by atoms with Crippen molar-refractivity contribution in [1.82, 2.24) is 0 Å². The van der Waals surface area contributed by atoms with Gasteiger partial charge in [0.15, 0.2) is 0 Å². The third kappa shape index (κ3) is 37.1. The number of rotatable bonds is 51. The Kier molecular flexibility index (Phi) is 44.4. The Bertz CT molecular complexity index is 1130. The first-order chi connectivity index (χ1) is 33.0. The Hall–Kier alpha value is -0.660. The van der Waals surface area contributed by atoms with E-state index in [0.29, 0.717) is 13.0 Å². The summed E-state index contributed by atoms with van der Waals surface area (Å²) in [5, 5.41) is 50.4. The van der Waals surface area contributed by atoms with Crippen molar-refractivity contribution in [3.05, 3.63) is 0 Å². The molecule has 0 radical (unpaired) electrons. The minimum absolute atomic E-state index is 0.0674. The fourth-order valence-electron chi connectivity index (χ4n) is 9.42.